The molecule has 0 atom stereocenters. The van der Waals surface area contributed by atoms with E-state index in [-0.39, 0.29) is 18.0 Å². The van der Waals surface area contributed by atoms with Gasteiger partial charge in [-0.15, -0.1) is 6.58 Å². The molecule has 0 aliphatic carbocycles. The van der Waals surface area contributed by atoms with Crippen LogP contribution in [0.5, 0.6) is 0 Å². The first-order valence-electron chi connectivity index (χ1n) is 7.22. The Morgan fingerprint density at radius 3 is 2.52 bits per heavy atom. The predicted molar refractivity (Wildman–Crippen MR) is 90.5 cm³/mol. The molecule has 2 rings (SSSR count). The molecular weight excluding hydrogens is 326 g/mol. The van der Waals surface area contributed by atoms with Crippen LogP contribution in [0.1, 0.15) is 16.1 Å². The third kappa shape index (κ3) is 4.90. The number of benzene rings is 1. The van der Waals surface area contributed by atoms with Crippen molar-refractivity contribution < 1.29 is 18.9 Å². The Morgan fingerprint density at radius 2 is 1.92 bits per heavy atom. The SMILES string of the molecule is C=CCNC(=O)/C(=C\c1ccc([N+](=O)[O-])o1)NC(=O)c1ccccc1. The molecule has 1 aromatic carbocycles. The molecule has 0 aliphatic heterocycles. The number of carbonyl (C=O) groups is 2. The second kappa shape index (κ2) is 8.25. The van der Waals surface area contributed by atoms with Crippen molar-refractivity contribution in [2.45, 2.75) is 0 Å². The zero-order valence-corrected chi connectivity index (χ0v) is 13.1. The number of furan rings is 1. The minimum atomic E-state index is -0.697. The lowest BCUT2D eigenvalue weighted by atomic mass is 10.2. The van der Waals surface area contributed by atoms with Crippen LogP contribution in [0.2, 0.25) is 0 Å². The quantitative estimate of drug-likeness (QED) is 0.347. The minimum absolute atomic E-state index is 0.0591. The highest BCUT2D eigenvalue weighted by atomic mass is 16.6. The molecule has 2 aromatic rings. The molecule has 0 saturated carbocycles. The lowest BCUT2D eigenvalue weighted by Crippen LogP contribution is -2.34. The molecule has 1 aromatic heterocycles. The van der Waals surface area contributed by atoms with Crippen molar-refractivity contribution >= 4 is 23.8 Å². The van der Waals surface area contributed by atoms with Crippen LogP contribution < -0.4 is 10.6 Å². The molecule has 0 spiro atoms. The van der Waals surface area contributed by atoms with Crippen molar-refractivity contribution in [3.05, 3.63) is 82.3 Å². The third-order valence-electron chi connectivity index (χ3n) is 3.01. The highest BCUT2D eigenvalue weighted by Gasteiger charge is 2.16. The summed E-state index contributed by atoms with van der Waals surface area (Å²) in [5.74, 6) is -1.49. The van der Waals surface area contributed by atoms with Gasteiger partial charge in [0.15, 0.2) is 0 Å². The van der Waals surface area contributed by atoms with Gasteiger partial charge in [-0.05, 0) is 18.2 Å². The molecule has 0 saturated heterocycles. The van der Waals surface area contributed by atoms with E-state index < -0.39 is 22.6 Å². The van der Waals surface area contributed by atoms with E-state index in [1.807, 2.05) is 0 Å². The Bertz CT molecular complexity index is 824. The average Bonchev–Trinajstić information content (AvgIpc) is 3.08. The average molecular weight is 341 g/mol. The zero-order chi connectivity index (χ0) is 18.2. The van der Waals surface area contributed by atoms with Crippen LogP contribution in [0.25, 0.3) is 6.08 Å². The number of amides is 2. The first kappa shape index (κ1) is 17.7. The smallest absolute Gasteiger partial charge is 0.401 e. The minimum Gasteiger partial charge on any atom is -0.401 e. The molecular formula is C17H15N3O5. The van der Waals surface area contributed by atoms with Crippen molar-refractivity contribution in [3.8, 4) is 0 Å². The fourth-order valence-corrected chi connectivity index (χ4v) is 1.86. The van der Waals surface area contributed by atoms with Gasteiger partial charge in [-0.3, -0.25) is 19.7 Å². The Morgan fingerprint density at radius 1 is 1.20 bits per heavy atom. The van der Waals surface area contributed by atoms with Crippen molar-refractivity contribution in [1.29, 1.82) is 0 Å². The van der Waals surface area contributed by atoms with E-state index in [0.717, 1.165) is 6.07 Å². The molecule has 0 aliphatic rings. The monoisotopic (exact) mass is 341 g/mol. The first-order valence-corrected chi connectivity index (χ1v) is 7.22. The van der Waals surface area contributed by atoms with E-state index >= 15 is 0 Å². The van der Waals surface area contributed by atoms with Gasteiger partial charge in [-0.2, -0.15) is 0 Å². The second-order valence-electron chi connectivity index (χ2n) is 4.81. The summed E-state index contributed by atoms with van der Waals surface area (Å²) in [4.78, 5) is 34.4. The highest BCUT2D eigenvalue weighted by Crippen LogP contribution is 2.18. The summed E-state index contributed by atoms with van der Waals surface area (Å²) in [6.45, 7) is 3.68. The number of hydrogen-bond donors (Lipinski definition) is 2. The normalized spacial score (nSPS) is 10.8. The lowest BCUT2D eigenvalue weighted by molar-refractivity contribution is -0.402. The third-order valence-corrected chi connectivity index (χ3v) is 3.01. The summed E-state index contributed by atoms with van der Waals surface area (Å²) in [6.07, 6.45) is 2.69. The maximum Gasteiger partial charge on any atom is 0.433 e. The Labute approximate surface area is 143 Å². The molecule has 8 heteroatoms. The predicted octanol–water partition coefficient (Wildman–Crippen LogP) is 2.26. The molecule has 0 bridgehead atoms. The largest absolute Gasteiger partial charge is 0.433 e. The molecule has 0 radical (unpaired) electrons. The Balaban J connectivity index is 2.27. The number of hydrogen-bond acceptors (Lipinski definition) is 5. The summed E-state index contributed by atoms with van der Waals surface area (Å²) in [5.41, 5.74) is 0.246. The van der Waals surface area contributed by atoms with Gasteiger partial charge in [0.05, 0.1) is 6.07 Å². The van der Waals surface area contributed by atoms with E-state index in [0.29, 0.717) is 5.56 Å². The fourth-order valence-electron chi connectivity index (χ4n) is 1.86. The molecule has 2 amide bonds. The second-order valence-corrected chi connectivity index (χ2v) is 4.81. The van der Waals surface area contributed by atoms with Crippen molar-refractivity contribution in [2.75, 3.05) is 6.54 Å². The van der Waals surface area contributed by atoms with E-state index in [9.17, 15) is 19.7 Å². The highest BCUT2D eigenvalue weighted by molar-refractivity contribution is 6.05. The van der Waals surface area contributed by atoms with Crippen molar-refractivity contribution in [2.24, 2.45) is 0 Å². The molecule has 0 unspecified atom stereocenters. The zero-order valence-electron chi connectivity index (χ0n) is 13.1. The number of rotatable bonds is 7. The van der Waals surface area contributed by atoms with Gasteiger partial charge in [0.25, 0.3) is 11.8 Å². The van der Waals surface area contributed by atoms with Gasteiger partial charge in [0.1, 0.15) is 16.4 Å². The fraction of sp³-hybridized carbons (Fsp3) is 0.0588. The van der Waals surface area contributed by atoms with E-state index in [1.165, 1.54) is 18.2 Å². The van der Waals surface area contributed by atoms with Crippen LogP contribution in [-0.4, -0.2) is 23.3 Å². The van der Waals surface area contributed by atoms with E-state index in [1.54, 1.807) is 30.3 Å². The molecule has 25 heavy (non-hydrogen) atoms. The summed E-state index contributed by atoms with van der Waals surface area (Å²) in [7, 11) is 0. The van der Waals surface area contributed by atoms with E-state index in [2.05, 4.69) is 17.2 Å². The molecule has 0 fully saturated rings. The standard InChI is InChI=1S/C17H15N3O5/c1-2-10-18-17(22)14(11-13-8-9-15(25-13)20(23)24)19-16(21)12-6-4-3-5-7-12/h2-9,11H,1,10H2,(H,18,22)(H,19,21)/b14-11+. The van der Waals surface area contributed by atoms with Crippen molar-refractivity contribution in [3.63, 3.8) is 0 Å². The lowest BCUT2D eigenvalue weighted by Gasteiger charge is -2.09. The van der Waals surface area contributed by atoms with Crippen LogP contribution in [0.4, 0.5) is 5.88 Å². The van der Waals surface area contributed by atoms with Gasteiger partial charge < -0.3 is 15.1 Å². The van der Waals surface area contributed by atoms with Crippen LogP contribution in [-0.2, 0) is 4.79 Å². The summed E-state index contributed by atoms with van der Waals surface area (Å²) < 4.78 is 4.99. The van der Waals surface area contributed by atoms with Gasteiger partial charge in [0.2, 0.25) is 0 Å². The summed E-state index contributed by atoms with van der Waals surface area (Å²) >= 11 is 0. The van der Waals surface area contributed by atoms with Crippen LogP contribution in [0.15, 0.2) is 65.2 Å². The number of nitrogens with zero attached hydrogens (tertiary/aromatic N) is 1. The van der Waals surface area contributed by atoms with Crippen LogP contribution in [0.3, 0.4) is 0 Å². The summed E-state index contributed by atoms with van der Waals surface area (Å²) in [6, 6.07) is 10.8. The maximum absolute atomic E-state index is 12.2. The number of nitro groups is 1. The Kier molecular flexibility index (Phi) is 5.83. The maximum atomic E-state index is 12.2. The first-order chi connectivity index (χ1) is 12.0. The molecule has 8 nitrogen and oxygen atoms in total. The van der Waals surface area contributed by atoms with Gasteiger partial charge in [-0.1, -0.05) is 24.3 Å². The van der Waals surface area contributed by atoms with E-state index in [4.69, 9.17) is 4.42 Å². The molecule has 128 valence electrons. The topological polar surface area (TPSA) is 114 Å². The molecule has 2 N–H and O–H groups in total. The van der Waals surface area contributed by atoms with Crippen molar-refractivity contribution in [1.82, 2.24) is 10.6 Å². The van der Waals surface area contributed by atoms with Crippen LogP contribution >= 0.6 is 0 Å². The number of carbonyl (C=O) groups excluding carboxylic acids is 2. The summed E-state index contributed by atoms with van der Waals surface area (Å²) in [5, 5.41) is 15.7. The Hall–Kier alpha value is -3.68. The van der Waals surface area contributed by atoms with Gasteiger partial charge in [-0.25, -0.2) is 0 Å². The van der Waals surface area contributed by atoms with Crippen LogP contribution in [0, 0.1) is 10.1 Å². The molecule has 1 heterocycles. The van der Waals surface area contributed by atoms with Gasteiger partial charge >= 0.3 is 5.88 Å². The number of nitrogens with one attached hydrogen (secondary N) is 2. The van der Waals surface area contributed by atoms with Gasteiger partial charge in [0, 0.05) is 18.2 Å².